The van der Waals surface area contributed by atoms with Crippen molar-refractivity contribution in [3.05, 3.63) is 30.5 Å². The standard InChI is InChI=1S/C13H14Cl2N2O/c1-13(7-14,8-15)17-12-11-6-10(18)3-2-9(11)4-5-16-12/h2-6,18H,7-8H2,1H3,(H,16,17). The maximum absolute atomic E-state index is 9.56. The minimum Gasteiger partial charge on any atom is -0.508 e. The average Bonchev–Trinajstić information content (AvgIpc) is 2.39. The van der Waals surface area contributed by atoms with E-state index < -0.39 is 5.54 Å². The molecule has 1 aromatic heterocycles. The molecule has 5 heteroatoms. The van der Waals surface area contributed by atoms with E-state index in [-0.39, 0.29) is 5.75 Å². The number of rotatable bonds is 4. The maximum Gasteiger partial charge on any atom is 0.134 e. The number of phenols is 1. The molecule has 2 N–H and O–H groups in total. The van der Waals surface area contributed by atoms with Gasteiger partial charge >= 0.3 is 0 Å². The molecule has 1 heterocycles. The number of hydrogen-bond donors (Lipinski definition) is 2. The summed E-state index contributed by atoms with van der Waals surface area (Å²) >= 11 is 11.8. The Hall–Kier alpha value is -1.19. The summed E-state index contributed by atoms with van der Waals surface area (Å²) < 4.78 is 0. The van der Waals surface area contributed by atoms with Crippen LogP contribution < -0.4 is 5.32 Å². The van der Waals surface area contributed by atoms with E-state index in [1.807, 2.05) is 19.1 Å². The Kier molecular flexibility index (Phi) is 3.83. The number of phenolic OH excluding ortho intramolecular Hbond substituents is 1. The highest BCUT2D eigenvalue weighted by molar-refractivity contribution is 6.22. The zero-order valence-corrected chi connectivity index (χ0v) is 11.5. The van der Waals surface area contributed by atoms with Gasteiger partial charge < -0.3 is 10.4 Å². The molecule has 0 aliphatic heterocycles. The summed E-state index contributed by atoms with van der Waals surface area (Å²) in [5, 5.41) is 14.6. The molecule has 2 rings (SSSR count). The SMILES string of the molecule is CC(CCl)(CCl)Nc1nccc2ccc(O)cc12. The molecule has 1 aromatic carbocycles. The van der Waals surface area contributed by atoms with Gasteiger partial charge in [-0.25, -0.2) is 4.98 Å². The lowest BCUT2D eigenvalue weighted by Crippen LogP contribution is -2.39. The van der Waals surface area contributed by atoms with E-state index in [1.54, 1.807) is 18.3 Å². The lowest BCUT2D eigenvalue weighted by molar-refractivity contribution is 0.476. The van der Waals surface area contributed by atoms with Crippen LogP contribution in [0.15, 0.2) is 30.5 Å². The molecule has 0 bridgehead atoms. The van der Waals surface area contributed by atoms with Gasteiger partial charge in [0.1, 0.15) is 11.6 Å². The molecule has 2 aromatic rings. The first kappa shape index (κ1) is 13.2. The van der Waals surface area contributed by atoms with Crippen LogP contribution in [0.1, 0.15) is 6.92 Å². The molecule has 0 atom stereocenters. The van der Waals surface area contributed by atoms with Gasteiger partial charge in [-0.3, -0.25) is 0 Å². The molecule has 3 nitrogen and oxygen atoms in total. The van der Waals surface area contributed by atoms with Gasteiger partial charge in [0.2, 0.25) is 0 Å². The second-order valence-electron chi connectivity index (χ2n) is 4.52. The van der Waals surface area contributed by atoms with Crippen LogP contribution in [0.3, 0.4) is 0 Å². The van der Waals surface area contributed by atoms with Crippen LogP contribution in [0, 0.1) is 0 Å². The Morgan fingerprint density at radius 3 is 2.67 bits per heavy atom. The number of anilines is 1. The summed E-state index contributed by atoms with van der Waals surface area (Å²) in [6.07, 6.45) is 1.71. The molecule has 0 saturated heterocycles. The monoisotopic (exact) mass is 284 g/mol. The van der Waals surface area contributed by atoms with Gasteiger partial charge in [0.15, 0.2) is 0 Å². The van der Waals surface area contributed by atoms with Crippen LogP contribution in [-0.2, 0) is 0 Å². The van der Waals surface area contributed by atoms with Gasteiger partial charge in [-0.1, -0.05) is 6.07 Å². The number of benzene rings is 1. The number of aromatic hydroxyl groups is 1. The normalized spacial score (nSPS) is 11.7. The van der Waals surface area contributed by atoms with Crippen LogP contribution in [0.2, 0.25) is 0 Å². The fraction of sp³-hybridized carbons (Fsp3) is 0.308. The summed E-state index contributed by atoms with van der Waals surface area (Å²) in [4.78, 5) is 4.29. The lowest BCUT2D eigenvalue weighted by atomic mass is 10.1. The lowest BCUT2D eigenvalue weighted by Gasteiger charge is -2.27. The zero-order chi connectivity index (χ0) is 13.2. The van der Waals surface area contributed by atoms with Gasteiger partial charge in [0, 0.05) is 23.3 Å². The first-order valence-corrected chi connectivity index (χ1v) is 6.63. The van der Waals surface area contributed by atoms with E-state index in [1.165, 1.54) is 0 Å². The number of pyridine rings is 1. The van der Waals surface area contributed by atoms with Gasteiger partial charge in [0.05, 0.1) is 5.54 Å². The minimum absolute atomic E-state index is 0.206. The molecular weight excluding hydrogens is 271 g/mol. The summed E-state index contributed by atoms with van der Waals surface area (Å²) in [5.74, 6) is 1.62. The van der Waals surface area contributed by atoms with Gasteiger partial charge in [0.25, 0.3) is 0 Å². The third kappa shape index (κ3) is 2.62. The third-order valence-corrected chi connectivity index (χ3v) is 3.94. The summed E-state index contributed by atoms with van der Waals surface area (Å²) in [5.41, 5.74) is -0.435. The quantitative estimate of drug-likeness (QED) is 0.844. The van der Waals surface area contributed by atoms with Gasteiger partial charge in [-0.15, -0.1) is 23.2 Å². The predicted molar refractivity (Wildman–Crippen MR) is 76.9 cm³/mol. The first-order valence-electron chi connectivity index (χ1n) is 5.56. The molecule has 96 valence electrons. The highest BCUT2D eigenvalue weighted by atomic mass is 35.5. The fourth-order valence-electron chi connectivity index (χ4n) is 1.64. The van der Waals surface area contributed by atoms with Crippen molar-refractivity contribution < 1.29 is 5.11 Å². The van der Waals surface area contributed by atoms with Gasteiger partial charge in [-0.05, 0) is 30.5 Å². The third-order valence-electron chi connectivity index (χ3n) is 2.76. The Balaban J connectivity index is 2.47. The smallest absolute Gasteiger partial charge is 0.134 e. The Morgan fingerprint density at radius 1 is 1.28 bits per heavy atom. The van der Waals surface area contributed by atoms with Crippen molar-refractivity contribution in [1.82, 2.24) is 4.98 Å². The number of nitrogens with one attached hydrogen (secondary N) is 1. The van der Waals surface area contributed by atoms with Crippen molar-refractivity contribution in [2.75, 3.05) is 17.1 Å². The number of alkyl halides is 2. The van der Waals surface area contributed by atoms with E-state index in [9.17, 15) is 5.11 Å². The summed E-state index contributed by atoms with van der Waals surface area (Å²) in [6.45, 7) is 1.93. The molecule has 0 aliphatic rings. The first-order chi connectivity index (χ1) is 8.58. The largest absolute Gasteiger partial charge is 0.508 e. The molecule has 0 amide bonds. The molecule has 0 saturated carbocycles. The second-order valence-corrected chi connectivity index (χ2v) is 5.05. The number of nitrogens with zero attached hydrogens (tertiary/aromatic N) is 1. The van der Waals surface area contributed by atoms with E-state index in [0.717, 1.165) is 10.8 Å². The molecule has 0 aliphatic carbocycles. The fourth-order valence-corrected chi connectivity index (χ4v) is 2.06. The number of halogens is 2. The van der Waals surface area contributed by atoms with E-state index >= 15 is 0 Å². The van der Waals surface area contributed by atoms with Crippen LogP contribution in [0.5, 0.6) is 5.75 Å². The van der Waals surface area contributed by atoms with Crippen LogP contribution in [0.25, 0.3) is 10.8 Å². The van der Waals surface area contributed by atoms with Crippen molar-refractivity contribution in [2.24, 2.45) is 0 Å². The summed E-state index contributed by atoms with van der Waals surface area (Å²) in [6, 6.07) is 7.05. The van der Waals surface area contributed by atoms with E-state index in [2.05, 4.69) is 10.3 Å². The molecular formula is C13H14Cl2N2O. The molecule has 18 heavy (non-hydrogen) atoms. The number of aromatic nitrogens is 1. The van der Waals surface area contributed by atoms with E-state index in [0.29, 0.717) is 17.6 Å². The van der Waals surface area contributed by atoms with Crippen molar-refractivity contribution in [3.63, 3.8) is 0 Å². The summed E-state index contributed by atoms with van der Waals surface area (Å²) in [7, 11) is 0. The molecule has 0 radical (unpaired) electrons. The predicted octanol–water partition coefficient (Wildman–Crippen LogP) is 3.59. The molecule has 0 spiro atoms. The van der Waals surface area contributed by atoms with Crippen molar-refractivity contribution in [3.8, 4) is 5.75 Å². The number of hydrogen-bond acceptors (Lipinski definition) is 3. The van der Waals surface area contributed by atoms with E-state index in [4.69, 9.17) is 23.2 Å². The number of fused-ring (bicyclic) bond motifs is 1. The Morgan fingerprint density at radius 2 is 2.00 bits per heavy atom. The highest BCUT2D eigenvalue weighted by Crippen LogP contribution is 2.27. The van der Waals surface area contributed by atoms with Crippen molar-refractivity contribution >= 4 is 39.8 Å². The maximum atomic E-state index is 9.56. The Bertz CT molecular complexity index is 556. The topological polar surface area (TPSA) is 45.2 Å². The van der Waals surface area contributed by atoms with Crippen LogP contribution in [0.4, 0.5) is 5.82 Å². The molecule has 0 unspecified atom stereocenters. The minimum atomic E-state index is -0.435. The van der Waals surface area contributed by atoms with Crippen molar-refractivity contribution in [2.45, 2.75) is 12.5 Å². The van der Waals surface area contributed by atoms with Crippen LogP contribution >= 0.6 is 23.2 Å². The Labute approximate surface area is 116 Å². The second kappa shape index (κ2) is 5.21. The molecule has 0 fully saturated rings. The highest BCUT2D eigenvalue weighted by Gasteiger charge is 2.23. The average molecular weight is 285 g/mol. The van der Waals surface area contributed by atoms with Crippen molar-refractivity contribution in [1.29, 1.82) is 0 Å². The zero-order valence-electron chi connectivity index (χ0n) is 9.95. The van der Waals surface area contributed by atoms with Gasteiger partial charge in [-0.2, -0.15) is 0 Å². The van der Waals surface area contributed by atoms with Crippen LogP contribution in [-0.4, -0.2) is 27.4 Å².